The lowest BCUT2D eigenvalue weighted by atomic mass is 10.4. The summed E-state index contributed by atoms with van der Waals surface area (Å²) in [5, 5.41) is 5.73. The van der Waals surface area contributed by atoms with Crippen LogP contribution in [0, 0.1) is 0 Å². The van der Waals surface area contributed by atoms with Gasteiger partial charge in [-0.05, 0) is 94.5 Å². The number of benzene rings is 6. The molecule has 0 amide bonds. The summed E-state index contributed by atoms with van der Waals surface area (Å²) in [7, 11) is -17.9. The second-order valence-electron chi connectivity index (χ2n) is 15.2. The van der Waals surface area contributed by atoms with E-state index in [9.17, 15) is 0 Å². The second kappa shape index (κ2) is 22.5. The van der Waals surface area contributed by atoms with Crippen molar-refractivity contribution < 1.29 is 25.3 Å². The third kappa shape index (κ3) is 11.3. The van der Waals surface area contributed by atoms with Crippen LogP contribution >= 0.6 is 25.3 Å². The highest BCUT2D eigenvalue weighted by Crippen LogP contribution is 2.31. The minimum Gasteiger partial charge on any atom is -0.408 e. The Labute approximate surface area is 380 Å². The molecule has 0 bridgehead atoms. The molecule has 6 aromatic carbocycles. The minimum atomic E-state index is -4.08. The van der Waals surface area contributed by atoms with E-state index in [4.69, 9.17) is 25.3 Å². The maximum absolute atomic E-state index is 8.53. The molecule has 0 aliphatic heterocycles. The van der Waals surface area contributed by atoms with Gasteiger partial charge in [-0.2, -0.15) is 25.3 Å². The van der Waals surface area contributed by atoms with Crippen LogP contribution in [0.1, 0.15) is 26.7 Å². The molecular formula is C48H60O6S2Si5. The van der Waals surface area contributed by atoms with Gasteiger partial charge in [0.25, 0.3) is 0 Å². The smallest absolute Gasteiger partial charge is 0.390 e. The van der Waals surface area contributed by atoms with Crippen molar-refractivity contribution in [2.24, 2.45) is 0 Å². The monoisotopic (exact) mass is 936 g/mol. The summed E-state index contributed by atoms with van der Waals surface area (Å²) in [5.74, 6) is 1.44. The van der Waals surface area contributed by atoms with E-state index in [0.29, 0.717) is 13.2 Å². The Hall–Kier alpha value is -3.14. The lowest BCUT2D eigenvalue weighted by Gasteiger charge is -2.49. The van der Waals surface area contributed by atoms with Gasteiger partial charge >= 0.3 is 42.8 Å². The molecule has 13 heteroatoms. The number of rotatable bonds is 24. The molecule has 0 radical (unpaired) electrons. The van der Waals surface area contributed by atoms with Crippen LogP contribution in [0.4, 0.5) is 0 Å². The maximum atomic E-state index is 8.53. The van der Waals surface area contributed by atoms with Crippen LogP contribution in [-0.4, -0.2) is 67.5 Å². The maximum Gasteiger partial charge on any atom is 0.390 e. The van der Waals surface area contributed by atoms with Crippen molar-refractivity contribution in [2.75, 3.05) is 24.7 Å². The van der Waals surface area contributed by atoms with Crippen LogP contribution in [0.2, 0.25) is 25.2 Å². The van der Waals surface area contributed by atoms with Gasteiger partial charge < -0.3 is 25.3 Å². The fourth-order valence-electron chi connectivity index (χ4n) is 7.94. The van der Waals surface area contributed by atoms with Crippen molar-refractivity contribution in [3.05, 3.63) is 182 Å². The zero-order chi connectivity index (χ0) is 43.1. The van der Waals surface area contributed by atoms with Crippen molar-refractivity contribution in [3.8, 4) is 0 Å². The molecule has 6 nitrogen and oxygen atoms in total. The fraction of sp³-hybridized carbons (Fsp3) is 0.250. The lowest BCUT2D eigenvalue weighted by Crippen LogP contribution is -2.82. The Morgan fingerprint density at radius 1 is 0.344 bits per heavy atom. The molecule has 320 valence electrons. The van der Waals surface area contributed by atoms with Crippen molar-refractivity contribution >= 4 is 99.2 Å². The highest BCUT2D eigenvalue weighted by Gasteiger charge is 2.62. The summed E-state index contributed by atoms with van der Waals surface area (Å²) in [6.45, 7) is 9.48. The predicted molar refractivity (Wildman–Crippen MR) is 271 cm³/mol. The molecule has 0 aliphatic carbocycles. The first kappa shape index (κ1) is 47.3. The largest absolute Gasteiger partial charge is 0.408 e. The molecule has 6 rings (SSSR count). The molecule has 0 fully saturated rings. The predicted octanol–water partition coefficient (Wildman–Crippen LogP) is 7.68. The average molecular weight is 938 g/mol. The van der Waals surface area contributed by atoms with Crippen LogP contribution in [-0.2, 0) is 25.3 Å². The van der Waals surface area contributed by atoms with Gasteiger partial charge in [0.1, 0.15) is 0 Å². The van der Waals surface area contributed by atoms with Gasteiger partial charge in [0.05, 0.1) is 0 Å². The zero-order valence-electron chi connectivity index (χ0n) is 35.8. The van der Waals surface area contributed by atoms with Gasteiger partial charge in [-0.3, -0.25) is 0 Å². The molecule has 0 spiro atoms. The first-order valence-corrected chi connectivity index (χ1v) is 33.1. The highest BCUT2D eigenvalue weighted by molar-refractivity contribution is 7.80. The van der Waals surface area contributed by atoms with E-state index in [1.54, 1.807) is 0 Å². The molecular weight excluding hydrogens is 877 g/mol. The first-order valence-electron chi connectivity index (χ1n) is 21.3. The Morgan fingerprint density at radius 3 is 0.754 bits per heavy atom. The van der Waals surface area contributed by atoms with E-state index >= 15 is 0 Å². The number of hydrogen-bond donors (Lipinski definition) is 2. The molecule has 0 aliphatic rings. The number of hydrogen-bond acceptors (Lipinski definition) is 8. The van der Waals surface area contributed by atoms with E-state index in [1.807, 2.05) is 50.2 Å². The first-order chi connectivity index (χ1) is 29.7. The topological polar surface area (TPSA) is 55.4 Å². The van der Waals surface area contributed by atoms with Gasteiger partial charge in [0, 0.05) is 13.2 Å². The van der Waals surface area contributed by atoms with Crippen molar-refractivity contribution in [3.63, 3.8) is 0 Å². The quantitative estimate of drug-likeness (QED) is 0.0481. The summed E-state index contributed by atoms with van der Waals surface area (Å²) in [6, 6.07) is 64.5. The summed E-state index contributed by atoms with van der Waals surface area (Å²) < 4.78 is 46.6. The van der Waals surface area contributed by atoms with E-state index in [-0.39, 0.29) is 0 Å². The molecule has 0 N–H and O–H groups in total. The molecule has 2 unspecified atom stereocenters. The summed E-state index contributed by atoms with van der Waals surface area (Å²) in [4.78, 5) is 0. The molecule has 0 saturated carbocycles. The van der Waals surface area contributed by atoms with Crippen LogP contribution in [0.25, 0.3) is 0 Å². The summed E-state index contributed by atoms with van der Waals surface area (Å²) in [5.41, 5.74) is 0. The highest BCUT2D eigenvalue weighted by atomic mass is 32.1. The number of thiol groups is 2. The van der Waals surface area contributed by atoms with Crippen LogP contribution in [0.5, 0.6) is 0 Å². The van der Waals surface area contributed by atoms with Crippen molar-refractivity contribution in [1.82, 2.24) is 0 Å². The van der Waals surface area contributed by atoms with Gasteiger partial charge in [0.15, 0.2) is 0 Å². The molecule has 61 heavy (non-hydrogen) atoms. The second-order valence-corrected chi connectivity index (χ2v) is 32.7. The lowest BCUT2D eigenvalue weighted by molar-refractivity contribution is 0.226. The average Bonchev–Trinajstić information content (AvgIpc) is 3.31. The van der Waals surface area contributed by atoms with E-state index in [1.165, 1.54) is 0 Å². The normalized spacial score (nSPS) is 14.3. The molecule has 0 heterocycles. The molecule has 0 aromatic heterocycles. The molecule has 0 saturated heterocycles. The van der Waals surface area contributed by atoms with E-state index < -0.39 is 42.8 Å². The third-order valence-electron chi connectivity index (χ3n) is 10.7. The minimum absolute atomic E-state index is 0.512. The molecule has 6 aromatic rings. The SMILES string of the molecule is CCO[Si](C)(CCCS)O[Si](O[Si](O[Si](O[Si](C)(CCCS)OCC)(c1ccccc1)c1ccccc1)(c1ccccc1)c1ccccc1)(c1ccccc1)c1ccccc1. The van der Waals surface area contributed by atoms with Gasteiger partial charge in [-0.15, -0.1) is 0 Å². The Morgan fingerprint density at radius 2 is 0.557 bits per heavy atom. The van der Waals surface area contributed by atoms with Crippen molar-refractivity contribution in [1.29, 1.82) is 0 Å². The molecule has 2 atom stereocenters. The summed E-state index contributed by atoms with van der Waals surface area (Å²) >= 11 is 9.32. The van der Waals surface area contributed by atoms with Gasteiger partial charge in [-0.25, -0.2) is 0 Å². The zero-order valence-corrected chi connectivity index (χ0v) is 42.6. The van der Waals surface area contributed by atoms with Gasteiger partial charge in [0.2, 0.25) is 0 Å². The Balaban J connectivity index is 1.78. The van der Waals surface area contributed by atoms with Crippen LogP contribution in [0.3, 0.4) is 0 Å². The van der Waals surface area contributed by atoms with E-state index in [0.717, 1.165) is 67.6 Å². The van der Waals surface area contributed by atoms with Gasteiger partial charge in [-0.1, -0.05) is 182 Å². The third-order valence-corrected chi connectivity index (χ3v) is 32.6. The standard InChI is InChI=1S/C48H60O6S2Si5/c1-5-49-57(3,41-25-39-55)51-59(43-27-13-7-14-28-43,44-29-15-8-16-30-44)53-61(47-35-21-11-22-36-47,48-37-23-12-24-38-48)54-60(45-31-17-9-18-32-45,46-33-19-10-20-34-46)52-58(4,50-6-2)42-26-40-56/h7-24,27-38,55-56H,5-6,25-26,39-42H2,1-4H3. The summed E-state index contributed by atoms with van der Waals surface area (Å²) in [6.07, 6.45) is 1.68. The fourth-order valence-corrected chi connectivity index (χ4v) is 33.5. The van der Waals surface area contributed by atoms with Crippen molar-refractivity contribution in [2.45, 2.75) is 51.9 Å². The van der Waals surface area contributed by atoms with Crippen LogP contribution in [0.15, 0.2) is 182 Å². The van der Waals surface area contributed by atoms with Crippen LogP contribution < -0.4 is 31.1 Å². The Kier molecular flexibility index (Phi) is 17.4. The Bertz CT molecular complexity index is 1930. The van der Waals surface area contributed by atoms with E-state index in [2.05, 4.69) is 184 Å².